The predicted molar refractivity (Wildman–Crippen MR) is 88.1 cm³/mol. The van der Waals surface area contributed by atoms with Gasteiger partial charge in [-0.05, 0) is 24.3 Å². The Hall–Kier alpha value is -3.15. The maximum atomic E-state index is 11.9. The SMILES string of the molecule is O=C(CCNC(=O)c1ccccc1)Nc1nc2ccccc2[nH]1. The molecule has 3 N–H and O–H groups in total. The van der Waals surface area contributed by atoms with Crippen LogP contribution < -0.4 is 10.6 Å². The molecule has 0 aliphatic carbocycles. The van der Waals surface area contributed by atoms with Gasteiger partial charge in [-0.2, -0.15) is 0 Å². The van der Waals surface area contributed by atoms with E-state index in [1.165, 1.54) is 0 Å². The third kappa shape index (κ3) is 3.74. The van der Waals surface area contributed by atoms with Crippen molar-refractivity contribution in [1.82, 2.24) is 15.3 Å². The van der Waals surface area contributed by atoms with Gasteiger partial charge in [0.1, 0.15) is 0 Å². The van der Waals surface area contributed by atoms with Crippen molar-refractivity contribution in [2.45, 2.75) is 6.42 Å². The highest BCUT2D eigenvalue weighted by Gasteiger charge is 2.08. The van der Waals surface area contributed by atoms with Gasteiger partial charge in [0.05, 0.1) is 11.0 Å². The van der Waals surface area contributed by atoms with Gasteiger partial charge in [0, 0.05) is 18.5 Å². The van der Waals surface area contributed by atoms with Crippen LogP contribution in [-0.2, 0) is 4.79 Å². The number of nitrogens with zero attached hydrogens (tertiary/aromatic N) is 1. The molecule has 0 fully saturated rings. The summed E-state index contributed by atoms with van der Waals surface area (Å²) in [5.74, 6) is 0.00476. The number of carbonyl (C=O) groups is 2. The van der Waals surface area contributed by atoms with Gasteiger partial charge >= 0.3 is 0 Å². The Balaban J connectivity index is 1.49. The average molecular weight is 308 g/mol. The van der Waals surface area contributed by atoms with Crippen LogP contribution in [0.5, 0.6) is 0 Å². The first kappa shape index (κ1) is 14.8. The number of H-pyrrole nitrogens is 1. The molecule has 6 nitrogen and oxygen atoms in total. The first-order chi connectivity index (χ1) is 11.2. The maximum Gasteiger partial charge on any atom is 0.251 e. The molecule has 3 aromatic rings. The van der Waals surface area contributed by atoms with Crippen molar-refractivity contribution in [1.29, 1.82) is 0 Å². The van der Waals surface area contributed by atoms with Gasteiger partial charge in [0.15, 0.2) is 0 Å². The lowest BCUT2D eigenvalue weighted by Gasteiger charge is -2.05. The minimum atomic E-state index is -0.211. The van der Waals surface area contributed by atoms with E-state index in [4.69, 9.17) is 0 Å². The molecule has 0 saturated heterocycles. The van der Waals surface area contributed by atoms with Crippen LogP contribution in [0.15, 0.2) is 54.6 Å². The first-order valence-corrected chi connectivity index (χ1v) is 7.30. The van der Waals surface area contributed by atoms with Crippen LogP contribution >= 0.6 is 0 Å². The Morgan fingerprint density at radius 3 is 2.52 bits per heavy atom. The zero-order valence-electron chi connectivity index (χ0n) is 12.4. The van der Waals surface area contributed by atoms with Crippen LogP contribution in [0.3, 0.4) is 0 Å². The molecule has 2 aromatic carbocycles. The van der Waals surface area contributed by atoms with E-state index in [2.05, 4.69) is 20.6 Å². The molecular formula is C17H16N4O2. The Morgan fingerprint density at radius 1 is 1.00 bits per heavy atom. The van der Waals surface area contributed by atoms with Crippen molar-refractivity contribution < 1.29 is 9.59 Å². The second kappa shape index (κ2) is 6.74. The predicted octanol–water partition coefficient (Wildman–Crippen LogP) is 2.32. The van der Waals surface area contributed by atoms with Crippen LogP contribution in [0.2, 0.25) is 0 Å². The highest BCUT2D eigenvalue weighted by atomic mass is 16.2. The number of nitrogens with one attached hydrogen (secondary N) is 3. The van der Waals surface area contributed by atoms with Crippen LogP contribution in [-0.4, -0.2) is 28.3 Å². The van der Waals surface area contributed by atoms with E-state index in [1.807, 2.05) is 30.3 Å². The molecule has 0 bridgehead atoms. The normalized spacial score (nSPS) is 10.4. The number of rotatable bonds is 5. The number of carbonyl (C=O) groups excluding carboxylic acids is 2. The molecule has 0 aliphatic rings. The molecule has 0 atom stereocenters. The largest absolute Gasteiger partial charge is 0.352 e. The molecule has 1 aromatic heterocycles. The number of para-hydroxylation sites is 2. The standard InChI is InChI=1S/C17H16N4O2/c22-15(10-11-18-16(23)12-6-2-1-3-7-12)21-17-19-13-8-4-5-9-14(13)20-17/h1-9H,10-11H2,(H,18,23)(H2,19,20,21,22). The first-order valence-electron chi connectivity index (χ1n) is 7.30. The number of fused-ring (bicyclic) bond motifs is 1. The van der Waals surface area contributed by atoms with Crippen LogP contribution in [0.1, 0.15) is 16.8 Å². The van der Waals surface area contributed by atoms with Crippen molar-refractivity contribution in [2.24, 2.45) is 0 Å². The topological polar surface area (TPSA) is 86.9 Å². The molecule has 0 spiro atoms. The van der Waals surface area contributed by atoms with Gasteiger partial charge in [-0.15, -0.1) is 0 Å². The van der Waals surface area contributed by atoms with Gasteiger partial charge in [0.25, 0.3) is 5.91 Å². The third-order valence-corrected chi connectivity index (χ3v) is 3.32. The molecule has 116 valence electrons. The molecule has 2 amide bonds. The minimum Gasteiger partial charge on any atom is -0.352 e. The van der Waals surface area contributed by atoms with E-state index in [0.29, 0.717) is 11.5 Å². The molecule has 23 heavy (non-hydrogen) atoms. The van der Waals surface area contributed by atoms with E-state index < -0.39 is 0 Å². The smallest absolute Gasteiger partial charge is 0.251 e. The summed E-state index contributed by atoms with van der Waals surface area (Å²) in [6, 6.07) is 16.4. The summed E-state index contributed by atoms with van der Waals surface area (Å²) in [4.78, 5) is 31.0. The molecule has 0 unspecified atom stereocenters. The summed E-state index contributed by atoms with van der Waals surface area (Å²) in [5, 5.41) is 5.40. The Bertz CT molecular complexity index is 794. The van der Waals surface area contributed by atoms with Crippen LogP contribution in [0.4, 0.5) is 5.95 Å². The number of amides is 2. The molecule has 1 heterocycles. The Kier molecular flexibility index (Phi) is 4.33. The second-order valence-electron chi connectivity index (χ2n) is 5.02. The second-order valence-corrected chi connectivity index (χ2v) is 5.02. The monoisotopic (exact) mass is 308 g/mol. The molecule has 6 heteroatoms. The summed E-state index contributed by atoms with van der Waals surface area (Å²) < 4.78 is 0. The van der Waals surface area contributed by atoms with Crippen molar-refractivity contribution in [2.75, 3.05) is 11.9 Å². The fourth-order valence-corrected chi connectivity index (χ4v) is 2.19. The lowest BCUT2D eigenvalue weighted by atomic mass is 10.2. The van der Waals surface area contributed by atoms with E-state index in [1.54, 1.807) is 24.3 Å². The highest BCUT2D eigenvalue weighted by molar-refractivity contribution is 5.95. The van der Waals surface area contributed by atoms with Gasteiger partial charge < -0.3 is 10.3 Å². The molecule has 0 radical (unpaired) electrons. The number of hydrogen-bond donors (Lipinski definition) is 3. The Morgan fingerprint density at radius 2 is 1.74 bits per heavy atom. The van der Waals surface area contributed by atoms with E-state index in [0.717, 1.165) is 11.0 Å². The van der Waals surface area contributed by atoms with Crippen molar-refractivity contribution in [3.05, 3.63) is 60.2 Å². The molecular weight excluding hydrogens is 292 g/mol. The van der Waals surface area contributed by atoms with E-state index in [9.17, 15) is 9.59 Å². The fourth-order valence-electron chi connectivity index (χ4n) is 2.19. The number of imidazole rings is 1. The van der Waals surface area contributed by atoms with E-state index >= 15 is 0 Å². The number of aromatic nitrogens is 2. The summed E-state index contributed by atoms with van der Waals surface area (Å²) in [6.45, 7) is 0.264. The zero-order chi connectivity index (χ0) is 16.1. The van der Waals surface area contributed by atoms with Crippen molar-refractivity contribution >= 4 is 28.8 Å². The van der Waals surface area contributed by atoms with Crippen molar-refractivity contribution in [3.8, 4) is 0 Å². The van der Waals surface area contributed by atoms with Crippen LogP contribution in [0.25, 0.3) is 11.0 Å². The number of hydrogen-bond acceptors (Lipinski definition) is 3. The average Bonchev–Trinajstić information content (AvgIpc) is 2.97. The van der Waals surface area contributed by atoms with Gasteiger partial charge in [-0.3, -0.25) is 14.9 Å². The lowest BCUT2D eigenvalue weighted by molar-refractivity contribution is -0.116. The zero-order valence-corrected chi connectivity index (χ0v) is 12.4. The Labute approximate surface area is 132 Å². The van der Waals surface area contributed by atoms with E-state index in [-0.39, 0.29) is 24.8 Å². The summed E-state index contributed by atoms with van der Waals surface area (Å²) in [5.41, 5.74) is 2.23. The van der Waals surface area contributed by atoms with Gasteiger partial charge in [-0.1, -0.05) is 30.3 Å². The van der Waals surface area contributed by atoms with Crippen LogP contribution in [0, 0.1) is 0 Å². The number of anilines is 1. The lowest BCUT2D eigenvalue weighted by Crippen LogP contribution is -2.27. The van der Waals surface area contributed by atoms with Crippen molar-refractivity contribution in [3.63, 3.8) is 0 Å². The number of aromatic amines is 1. The number of benzene rings is 2. The summed E-state index contributed by atoms with van der Waals surface area (Å²) in [7, 11) is 0. The highest BCUT2D eigenvalue weighted by Crippen LogP contribution is 2.13. The molecule has 3 rings (SSSR count). The van der Waals surface area contributed by atoms with Gasteiger partial charge in [-0.25, -0.2) is 4.98 Å². The summed E-state index contributed by atoms with van der Waals surface area (Å²) >= 11 is 0. The molecule has 0 saturated carbocycles. The maximum absolute atomic E-state index is 11.9. The van der Waals surface area contributed by atoms with Gasteiger partial charge in [0.2, 0.25) is 11.9 Å². The minimum absolute atomic E-state index is 0.176. The summed E-state index contributed by atoms with van der Waals surface area (Å²) in [6.07, 6.45) is 0.176. The quantitative estimate of drug-likeness (QED) is 0.676. The third-order valence-electron chi connectivity index (χ3n) is 3.32. The molecule has 0 aliphatic heterocycles. The fraction of sp³-hybridized carbons (Fsp3) is 0.118.